The highest BCUT2D eigenvalue weighted by Gasteiger charge is 2.04. The summed E-state index contributed by atoms with van der Waals surface area (Å²) in [6, 6.07) is 6.17. The van der Waals surface area contributed by atoms with E-state index in [0.29, 0.717) is 5.69 Å². The molecule has 1 aromatic carbocycles. The monoisotopic (exact) mass is 195 g/mol. The van der Waals surface area contributed by atoms with E-state index in [1.807, 2.05) is 0 Å². The lowest BCUT2D eigenvalue weighted by molar-refractivity contribution is 0.130. The molecule has 1 amide bonds. The molecule has 0 aliphatic carbocycles. The highest BCUT2D eigenvalue weighted by Crippen LogP contribution is 2.13. The van der Waals surface area contributed by atoms with E-state index in [1.54, 1.807) is 26.0 Å². The van der Waals surface area contributed by atoms with Gasteiger partial charge in [-0.3, -0.25) is 5.32 Å². The van der Waals surface area contributed by atoms with Crippen LogP contribution in [0.5, 0.6) is 5.75 Å². The van der Waals surface area contributed by atoms with Crippen molar-refractivity contribution in [1.29, 1.82) is 0 Å². The lowest BCUT2D eigenvalue weighted by Crippen LogP contribution is -2.17. The van der Waals surface area contributed by atoms with Crippen molar-refractivity contribution in [1.82, 2.24) is 0 Å². The third-order valence-electron chi connectivity index (χ3n) is 1.46. The second-order valence-electron chi connectivity index (χ2n) is 3.13. The molecule has 0 saturated carbocycles. The minimum absolute atomic E-state index is 0.146. The predicted octanol–water partition coefficient (Wildman–Crippen LogP) is 2.35. The summed E-state index contributed by atoms with van der Waals surface area (Å²) in [4.78, 5) is 11.1. The van der Waals surface area contributed by atoms with Gasteiger partial charge in [0, 0.05) is 5.69 Å². The van der Waals surface area contributed by atoms with E-state index in [4.69, 9.17) is 9.84 Å². The minimum Gasteiger partial charge on any atom is -0.508 e. The molecule has 0 heterocycles. The molecule has 0 fully saturated rings. The van der Waals surface area contributed by atoms with Crippen LogP contribution in [-0.4, -0.2) is 17.3 Å². The second-order valence-corrected chi connectivity index (χ2v) is 3.13. The van der Waals surface area contributed by atoms with Crippen LogP contribution in [-0.2, 0) is 4.74 Å². The Labute approximate surface area is 82.5 Å². The van der Waals surface area contributed by atoms with Gasteiger partial charge in [-0.2, -0.15) is 0 Å². The van der Waals surface area contributed by atoms with Gasteiger partial charge in [0.2, 0.25) is 0 Å². The van der Waals surface area contributed by atoms with Gasteiger partial charge in [0.25, 0.3) is 0 Å². The Kier molecular flexibility index (Phi) is 3.34. The molecule has 1 rings (SSSR count). The molecule has 2 N–H and O–H groups in total. The molecular formula is C10H13NO3. The van der Waals surface area contributed by atoms with Crippen molar-refractivity contribution < 1.29 is 14.6 Å². The van der Waals surface area contributed by atoms with Crippen LogP contribution in [0, 0.1) is 0 Å². The average Bonchev–Trinajstić information content (AvgIpc) is 2.07. The fraction of sp³-hybridized carbons (Fsp3) is 0.300. The Morgan fingerprint density at radius 3 is 2.43 bits per heavy atom. The third-order valence-corrected chi connectivity index (χ3v) is 1.46. The van der Waals surface area contributed by atoms with E-state index in [-0.39, 0.29) is 11.9 Å². The Morgan fingerprint density at radius 1 is 1.36 bits per heavy atom. The number of amides is 1. The van der Waals surface area contributed by atoms with Gasteiger partial charge in [-0.1, -0.05) is 0 Å². The van der Waals surface area contributed by atoms with E-state index >= 15 is 0 Å². The van der Waals surface area contributed by atoms with Crippen LogP contribution >= 0.6 is 0 Å². The van der Waals surface area contributed by atoms with Gasteiger partial charge in [0.1, 0.15) is 5.75 Å². The zero-order chi connectivity index (χ0) is 10.6. The number of ether oxygens (including phenoxy) is 1. The highest BCUT2D eigenvalue weighted by atomic mass is 16.6. The molecule has 0 saturated heterocycles. The van der Waals surface area contributed by atoms with E-state index in [2.05, 4.69) is 5.32 Å². The van der Waals surface area contributed by atoms with Crippen molar-refractivity contribution in [2.24, 2.45) is 0 Å². The summed E-state index contributed by atoms with van der Waals surface area (Å²) < 4.78 is 4.87. The molecule has 0 radical (unpaired) electrons. The first-order valence-electron chi connectivity index (χ1n) is 4.34. The van der Waals surface area contributed by atoms with Gasteiger partial charge in [-0.25, -0.2) is 4.79 Å². The summed E-state index contributed by atoms with van der Waals surface area (Å²) in [5.41, 5.74) is 0.591. The topological polar surface area (TPSA) is 58.6 Å². The molecule has 0 unspecified atom stereocenters. The molecule has 0 aromatic heterocycles. The van der Waals surface area contributed by atoms with Gasteiger partial charge in [-0.05, 0) is 38.1 Å². The number of anilines is 1. The Balaban J connectivity index is 2.52. The SMILES string of the molecule is CC(C)OC(=O)Nc1ccc(O)cc1. The first-order chi connectivity index (χ1) is 6.58. The third kappa shape index (κ3) is 3.35. The van der Waals surface area contributed by atoms with Gasteiger partial charge >= 0.3 is 6.09 Å². The lowest BCUT2D eigenvalue weighted by atomic mass is 10.3. The van der Waals surface area contributed by atoms with Crippen molar-refractivity contribution in [2.45, 2.75) is 20.0 Å². The van der Waals surface area contributed by atoms with E-state index in [1.165, 1.54) is 12.1 Å². The van der Waals surface area contributed by atoms with Crippen molar-refractivity contribution in [3.8, 4) is 5.75 Å². The van der Waals surface area contributed by atoms with Crippen LogP contribution in [0.25, 0.3) is 0 Å². The number of nitrogens with one attached hydrogen (secondary N) is 1. The first-order valence-corrected chi connectivity index (χ1v) is 4.34. The molecule has 0 aliphatic rings. The van der Waals surface area contributed by atoms with E-state index in [9.17, 15) is 4.79 Å². The van der Waals surface area contributed by atoms with Gasteiger partial charge in [0.05, 0.1) is 6.10 Å². The van der Waals surface area contributed by atoms with Crippen LogP contribution < -0.4 is 5.32 Å². The maximum absolute atomic E-state index is 11.1. The summed E-state index contributed by atoms with van der Waals surface area (Å²) in [5.74, 6) is 0.160. The number of benzene rings is 1. The van der Waals surface area contributed by atoms with Gasteiger partial charge < -0.3 is 9.84 Å². The molecule has 0 atom stereocenters. The van der Waals surface area contributed by atoms with Gasteiger partial charge in [0.15, 0.2) is 0 Å². The van der Waals surface area contributed by atoms with Crippen molar-refractivity contribution in [2.75, 3.05) is 5.32 Å². The second kappa shape index (κ2) is 4.50. The summed E-state index contributed by atoms with van der Waals surface area (Å²) in [6.07, 6.45) is -0.641. The average molecular weight is 195 g/mol. The minimum atomic E-state index is -0.495. The summed E-state index contributed by atoms with van der Waals surface area (Å²) >= 11 is 0. The molecule has 1 aromatic rings. The van der Waals surface area contributed by atoms with Crippen LogP contribution in [0.15, 0.2) is 24.3 Å². The fourth-order valence-electron chi connectivity index (χ4n) is 0.906. The van der Waals surface area contributed by atoms with E-state index < -0.39 is 6.09 Å². The zero-order valence-electron chi connectivity index (χ0n) is 8.15. The molecule has 4 nitrogen and oxygen atoms in total. The molecule has 0 spiro atoms. The van der Waals surface area contributed by atoms with Crippen LogP contribution in [0.4, 0.5) is 10.5 Å². The Hall–Kier alpha value is -1.71. The van der Waals surface area contributed by atoms with Crippen molar-refractivity contribution in [3.63, 3.8) is 0 Å². The quantitative estimate of drug-likeness (QED) is 0.712. The smallest absolute Gasteiger partial charge is 0.411 e. The molecule has 14 heavy (non-hydrogen) atoms. The van der Waals surface area contributed by atoms with Crippen LogP contribution in [0.3, 0.4) is 0 Å². The largest absolute Gasteiger partial charge is 0.508 e. The number of aromatic hydroxyl groups is 1. The number of hydrogen-bond acceptors (Lipinski definition) is 3. The fourth-order valence-corrected chi connectivity index (χ4v) is 0.906. The Morgan fingerprint density at radius 2 is 1.93 bits per heavy atom. The predicted molar refractivity (Wildman–Crippen MR) is 53.3 cm³/mol. The Bertz CT molecular complexity index is 306. The number of hydrogen-bond donors (Lipinski definition) is 2. The molecular weight excluding hydrogens is 182 g/mol. The zero-order valence-corrected chi connectivity index (χ0v) is 8.15. The van der Waals surface area contributed by atoms with Gasteiger partial charge in [-0.15, -0.1) is 0 Å². The maximum atomic E-state index is 11.1. The highest BCUT2D eigenvalue weighted by molar-refractivity contribution is 5.84. The van der Waals surface area contributed by atoms with Crippen LogP contribution in [0.2, 0.25) is 0 Å². The number of phenols is 1. The summed E-state index contributed by atoms with van der Waals surface area (Å²) in [7, 11) is 0. The number of rotatable bonds is 2. The van der Waals surface area contributed by atoms with Crippen LogP contribution in [0.1, 0.15) is 13.8 Å². The standard InChI is InChI=1S/C10H13NO3/c1-7(2)14-10(13)11-8-3-5-9(12)6-4-8/h3-7,12H,1-2H3,(H,11,13). The first kappa shape index (κ1) is 10.4. The molecule has 4 heteroatoms. The number of carbonyl (C=O) groups excluding carboxylic acids is 1. The number of phenolic OH excluding ortho intramolecular Hbond substituents is 1. The van der Waals surface area contributed by atoms with E-state index in [0.717, 1.165) is 0 Å². The molecule has 76 valence electrons. The normalized spacial score (nSPS) is 9.93. The number of carbonyl (C=O) groups is 1. The molecule has 0 bridgehead atoms. The van der Waals surface area contributed by atoms with Crippen molar-refractivity contribution in [3.05, 3.63) is 24.3 Å². The lowest BCUT2D eigenvalue weighted by Gasteiger charge is -2.09. The molecule has 0 aliphatic heterocycles. The van der Waals surface area contributed by atoms with Crippen molar-refractivity contribution >= 4 is 11.8 Å². The maximum Gasteiger partial charge on any atom is 0.411 e. The summed E-state index contributed by atoms with van der Waals surface area (Å²) in [5, 5.41) is 11.5. The summed E-state index contributed by atoms with van der Waals surface area (Å²) in [6.45, 7) is 3.55.